The van der Waals surface area contributed by atoms with Crippen molar-refractivity contribution in [1.82, 2.24) is 9.55 Å². The Kier molecular flexibility index (Phi) is 4.58. The first kappa shape index (κ1) is 20.4. The molecule has 7 heteroatoms. The molecular formula is C27H22N4O3. The molecule has 168 valence electrons. The minimum atomic E-state index is -0.619. The average molecular weight is 450 g/mol. The topological polar surface area (TPSA) is 90.1 Å². The minimum absolute atomic E-state index is 0.00145. The van der Waals surface area contributed by atoms with Crippen LogP contribution in [0, 0.1) is 17.0 Å². The molecule has 2 heterocycles. The van der Waals surface area contributed by atoms with Crippen molar-refractivity contribution in [2.75, 3.05) is 5.32 Å². The number of Topliss-reactive ketones (excluding diaryl/α,β-unsaturated/α-hetero) is 1. The maximum atomic E-state index is 13.7. The lowest BCUT2D eigenvalue weighted by atomic mass is 9.77. The van der Waals surface area contributed by atoms with Crippen molar-refractivity contribution in [3.63, 3.8) is 0 Å². The third kappa shape index (κ3) is 3.12. The van der Waals surface area contributed by atoms with E-state index >= 15 is 0 Å². The van der Waals surface area contributed by atoms with Gasteiger partial charge in [0.1, 0.15) is 0 Å². The van der Waals surface area contributed by atoms with Gasteiger partial charge in [0.15, 0.2) is 5.78 Å². The van der Waals surface area contributed by atoms with E-state index in [0.717, 1.165) is 22.3 Å². The number of aryl methyl sites for hydroxylation is 1. The van der Waals surface area contributed by atoms with Crippen molar-refractivity contribution in [3.05, 3.63) is 111 Å². The third-order valence-electron chi connectivity index (χ3n) is 6.87. The molecule has 0 unspecified atom stereocenters. The molecule has 7 nitrogen and oxygen atoms in total. The molecule has 1 N–H and O–H groups in total. The number of rotatable bonds is 3. The highest BCUT2D eigenvalue weighted by atomic mass is 16.6. The lowest BCUT2D eigenvalue weighted by Crippen LogP contribution is -2.33. The lowest BCUT2D eigenvalue weighted by Gasteiger charge is -2.36. The zero-order valence-electron chi connectivity index (χ0n) is 18.6. The van der Waals surface area contributed by atoms with E-state index in [1.54, 1.807) is 18.2 Å². The van der Waals surface area contributed by atoms with E-state index < -0.39 is 6.04 Å². The molecule has 0 fully saturated rings. The first-order chi connectivity index (χ1) is 16.5. The summed E-state index contributed by atoms with van der Waals surface area (Å²) in [7, 11) is 0. The van der Waals surface area contributed by atoms with E-state index in [1.165, 1.54) is 11.6 Å². The van der Waals surface area contributed by atoms with Gasteiger partial charge in [-0.05, 0) is 43.0 Å². The van der Waals surface area contributed by atoms with Crippen LogP contribution in [0.15, 0.2) is 84.1 Å². The largest absolute Gasteiger partial charge is 0.329 e. The summed E-state index contributed by atoms with van der Waals surface area (Å²) < 4.78 is 1.93. The van der Waals surface area contributed by atoms with Crippen LogP contribution in [0.2, 0.25) is 0 Å². The number of fused-ring (bicyclic) bond motifs is 3. The molecule has 1 aromatic heterocycles. The van der Waals surface area contributed by atoms with Crippen LogP contribution in [-0.4, -0.2) is 20.3 Å². The van der Waals surface area contributed by atoms with E-state index in [1.807, 2.05) is 35.8 Å². The Morgan fingerprint density at radius 1 is 1.00 bits per heavy atom. The van der Waals surface area contributed by atoms with Gasteiger partial charge in [-0.15, -0.1) is 0 Å². The molecule has 0 bridgehead atoms. The second kappa shape index (κ2) is 7.66. The van der Waals surface area contributed by atoms with Crippen LogP contribution in [0.4, 0.5) is 11.6 Å². The Morgan fingerprint density at radius 2 is 1.74 bits per heavy atom. The zero-order chi connectivity index (χ0) is 23.4. The van der Waals surface area contributed by atoms with Crippen molar-refractivity contribution in [2.45, 2.75) is 31.7 Å². The van der Waals surface area contributed by atoms with Gasteiger partial charge < -0.3 is 5.32 Å². The fourth-order valence-corrected chi connectivity index (χ4v) is 5.28. The van der Waals surface area contributed by atoms with E-state index in [-0.39, 0.29) is 22.3 Å². The number of anilines is 1. The Hall–Kier alpha value is -4.26. The highest BCUT2D eigenvalue weighted by Gasteiger charge is 2.41. The second-order valence-electron chi connectivity index (χ2n) is 8.97. The molecular weight excluding hydrogens is 428 g/mol. The molecule has 2 atom stereocenters. The standard InChI is InChI=1S/C27H22N4O3/c1-16-10-12-17(13-11-16)18-14-21-25(24(32)15-18)26(19-6-2-4-8-22(19)31(33)34)30-23-9-5-3-7-20(23)28-27(30)29-21/h2-13,18,26H,14-15H2,1H3,(H,28,29)/t18-,26+/m0/s1. The predicted octanol–water partition coefficient (Wildman–Crippen LogP) is 5.67. The quantitative estimate of drug-likeness (QED) is 0.321. The maximum Gasteiger partial charge on any atom is 0.275 e. The number of para-hydroxylation sites is 3. The summed E-state index contributed by atoms with van der Waals surface area (Å²) in [6.07, 6.45) is 1.01. The number of nitro benzene ring substituents is 1. The molecule has 0 radical (unpaired) electrons. The molecule has 0 saturated heterocycles. The van der Waals surface area contributed by atoms with Crippen LogP contribution in [0.25, 0.3) is 11.0 Å². The van der Waals surface area contributed by atoms with Gasteiger partial charge >= 0.3 is 0 Å². The molecule has 0 amide bonds. The van der Waals surface area contributed by atoms with E-state index in [4.69, 9.17) is 4.98 Å². The van der Waals surface area contributed by atoms with E-state index in [2.05, 4.69) is 29.6 Å². The number of imidazole rings is 1. The second-order valence-corrected chi connectivity index (χ2v) is 8.97. The molecule has 1 aliphatic carbocycles. The molecule has 4 aromatic rings. The summed E-state index contributed by atoms with van der Waals surface area (Å²) in [5.41, 5.74) is 5.78. The Labute approximate surface area is 195 Å². The monoisotopic (exact) mass is 450 g/mol. The van der Waals surface area contributed by atoms with Gasteiger partial charge in [-0.1, -0.05) is 54.1 Å². The summed E-state index contributed by atoms with van der Waals surface area (Å²) in [5, 5.41) is 15.4. The average Bonchev–Trinajstić information content (AvgIpc) is 3.21. The SMILES string of the molecule is Cc1ccc([C@@H]2CC(=O)C3=C(C2)Nc2nc4ccccc4n2[C@@H]3c2ccccc2[N+](=O)[O-])cc1. The number of nitro groups is 1. The summed E-state index contributed by atoms with van der Waals surface area (Å²) in [6, 6.07) is 22.0. The first-order valence-corrected chi connectivity index (χ1v) is 11.3. The van der Waals surface area contributed by atoms with E-state index in [9.17, 15) is 14.9 Å². The number of ketones is 1. The first-order valence-electron chi connectivity index (χ1n) is 11.3. The van der Waals surface area contributed by atoms with Crippen LogP contribution in [0.3, 0.4) is 0 Å². The Balaban J connectivity index is 1.56. The van der Waals surface area contributed by atoms with Gasteiger partial charge in [-0.3, -0.25) is 19.5 Å². The van der Waals surface area contributed by atoms with Gasteiger partial charge in [-0.2, -0.15) is 0 Å². The number of carbonyl (C=O) groups is 1. The fourth-order valence-electron chi connectivity index (χ4n) is 5.28. The lowest BCUT2D eigenvalue weighted by molar-refractivity contribution is -0.385. The van der Waals surface area contributed by atoms with Crippen LogP contribution in [0.1, 0.15) is 41.5 Å². The van der Waals surface area contributed by atoms with Crippen molar-refractivity contribution in [2.24, 2.45) is 0 Å². The van der Waals surface area contributed by atoms with Crippen LogP contribution in [-0.2, 0) is 4.79 Å². The molecule has 1 aliphatic heterocycles. The van der Waals surface area contributed by atoms with Gasteiger partial charge in [0.25, 0.3) is 5.69 Å². The van der Waals surface area contributed by atoms with Crippen molar-refractivity contribution in [1.29, 1.82) is 0 Å². The predicted molar refractivity (Wildman–Crippen MR) is 130 cm³/mol. The van der Waals surface area contributed by atoms with Crippen LogP contribution in [0.5, 0.6) is 0 Å². The fraction of sp³-hybridized carbons (Fsp3) is 0.185. The van der Waals surface area contributed by atoms with Crippen molar-refractivity contribution < 1.29 is 9.72 Å². The van der Waals surface area contributed by atoms with Crippen molar-refractivity contribution in [3.8, 4) is 0 Å². The summed E-state index contributed by atoms with van der Waals surface area (Å²) in [5.74, 6) is 0.646. The molecule has 34 heavy (non-hydrogen) atoms. The Bertz CT molecular complexity index is 1500. The molecule has 6 rings (SSSR count). The summed E-state index contributed by atoms with van der Waals surface area (Å²) in [4.78, 5) is 30.0. The molecule has 3 aromatic carbocycles. The number of allylic oxidation sites excluding steroid dienone is 2. The number of nitrogens with zero attached hydrogens (tertiary/aromatic N) is 3. The highest BCUT2D eigenvalue weighted by Crippen LogP contribution is 2.47. The smallest absolute Gasteiger partial charge is 0.275 e. The van der Waals surface area contributed by atoms with Gasteiger partial charge in [0.05, 0.1) is 27.6 Å². The number of hydrogen-bond acceptors (Lipinski definition) is 5. The zero-order valence-corrected chi connectivity index (χ0v) is 18.6. The van der Waals surface area contributed by atoms with Gasteiger partial charge in [0.2, 0.25) is 5.95 Å². The van der Waals surface area contributed by atoms with Crippen LogP contribution >= 0.6 is 0 Å². The molecule has 0 spiro atoms. The van der Waals surface area contributed by atoms with Gasteiger partial charge in [-0.25, -0.2) is 4.98 Å². The van der Waals surface area contributed by atoms with E-state index in [0.29, 0.717) is 29.9 Å². The minimum Gasteiger partial charge on any atom is -0.329 e. The highest BCUT2D eigenvalue weighted by molar-refractivity contribution is 6.01. The van der Waals surface area contributed by atoms with Crippen LogP contribution < -0.4 is 5.32 Å². The maximum absolute atomic E-state index is 13.7. The van der Waals surface area contributed by atoms with Crippen molar-refractivity contribution >= 4 is 28.5 Å². The third-order valence-corrected chi connectivity index (χ3v) is 6.87. The Morgan fingerprint density at radius 3 is 2.53 bits per heavy atom. The summed E-state index contributed by atoms with van der Waals surface area (Å²) in [6.45, 7) is 2.04. The number of benzene rings is 3. The number of hydrogen-bond donors (Lipinski definition) is 1. The normalized spacial score (nSPS) is 19.5. The number of carbonyl (C=O) groups excluding carboxylic acids is 1. The molecule has 0 saturated carbocycles. The van der Waals surface area contributed by atoms with Gasteiger partial charge in [0, 0.05) is 23.8 Å². The molecule has 2 aliphatic rings. The number of nitrogens with one attached hydrogen (secondary N) is 1. The summed E-state index contributed by atoms with van der Waals surface area (Å²) >= 11 is 0. The number of aromatic nitrogens is 2.